The van der Waals surface area contributed by atoms with Gasteiger partial charge in [-0.1, -0.05) is 5.11 Å². The summed E-state index contributed by atoms with van der Waals surface area (Å²) >= 11 is 0. The largest absolute Gasteiger partial charge is 0.474 e. The van der Waals surface area contributed by atoms with Crippen LogP contribution in [-0.2, 0) is 9.47 Å². The van der Waals surface area contributed by atoms with Crippen LogP contribution in [0.15, 0.2) is 11.2 Å². The summed E-state index contributed by atoms with van der Waals surface area (Å²) in [7, 11) is 2.90. The van der Waals surface area contributed by atoms with Gasteiger partial charge >= 0.3 is 0 Å². The van der Waals surface area contributed by atoms with Crippen molar-refractivity contribution in [3.63, 3.8) is 0 Å². The van der Waals surface area contributed by atoms with Gasteiger partial charge in [-0.05, 0) is 25.4 Å². The highest BCUT2D eigenvalue weighted by Gasteiger charge is 2.19. The molecule has 0 bridgehead atoms. The Hall–Kier alpha value is -2.33. The SMILES string of the molecule is COC(OC)c1cc(N=[N+]=[N-])c(C#N)c(OC(C)C)n1. The maximum absolute atomic E-state index is 9.17. The Bertz CT molecular complexity index is 557. The molecule has 0 unspecified atom stereocenters. The van der Waals surface area contributed by atoms with Crippen molar-refractivity contribution in [3.05, 3.63) is 27.8 Å². The number of nitrogens with zero attached hydrogens (tertiary/aromatic N) is 5. The van der Waals surface area contributed by atoms with Crippen molar-refractivity contribution in [3.8, 4) is 11.9 Å². The summed E-state index contributed by atoms with van der Waals surface area (Å²) < 4.78 is 15.7. The summed E-state index contributed by atoms with van der Waals surface area (Å²) in [5.74, 6) is 0.0847. The fourth-order valence-corrected chi connectivity index (χ4v) is 1.53. The van der Waals surface area contributed by atoms with E-state index >= 15 is 0 Å². The molecule has 1 aromatic rings. The van der Waals surface area contributed by atoms with E-state index in [-0.39, 0.29) is 23.2 Å². The lowest BCUT2D eigenvalue weighted by Crippen LogP contribution is -2.12. The van der Waals surface area contributed by atoms with Crippen molar-refractivity contribution in [1.82, 2.24) is 4.98 Å². The first-order chi connectivity index (χ1) is 9.57. The topological polar surface area (TPSA) is 113 Å². The van der Waals surface area contributed by atoms with Crippen LogP contribution in [0.1, 0.15) is 31.4 Å². The summed E-state index contributed by atoms with van der Waals surface area (Å²) in [5, 5.41) is 12.7. The zero-order chi connectivity index (χ0) is 15.1. The van der Waals surface area contributed by atoms with E-state index in [1.807, 2.05) is 6.07 Å². The van der Waals surface area contributed by atoms with Gasteiger partial charge in [-0.15, -0.1) is 0 Å². The maximum atomic E-state index is 9.17. The fraction of sp³-hybridized carbons (Fsp3) is 0.500. The normalized spacial score (nSPS) is 10.2. The summed E-state index contributed by atoms with van der Waals surface area (Å²) in [6.07, 6.45) is -0.933. The zero-order valence-electron chi connectivity index (χ0n) is 11.7. The van der Waals surface area contributed by atoms with Gasteiger partial charge in [-0.3, -0.25) is 0 Å². The number of hydrogen-bond acceptors (Lipinski definition) is 6. The van der Waals surface area contributed by atoms with Crippen LogP contribution in [-0.4, -0.2) is 25.3 Å². The summed E-state index contributed by atoms with van der Waals surface area (Å²) in [5.41, 5.74) is 9.13. The number of pyridine rings is 1. The van der Waals surface area contributed by atoms with Gasteiger partial charge < -0.3 is 14.2 Å². The van der Waals surface area contributed by atoms with Crippen molar-refractivity contribution in [2.24, 2.45) is 5.11 Å². The molecule has 1 aromatic heterocycles. The van der Waals surface area contributed by atoms with Crippen LogP contribution >= 0.6 is 0 Å². The minimum Gasteiger partial charge on any atom is -0.474 e. The number of methoxy groups -OCH3 is 2. The smallest absolute Gasteiger partial charge is 0.232 e. The molecular weight excluding hydrogens is 262 g/mol. The van der Waals surface area contributed by atoms with E-state index in [1.165, 1.54) is 20.3 Å². The van der Waals surface area contributed by atoms with Crippen LogP contribution in [0, 0.1) is 11.3 Å². The third kappa shape index (κ3) is 3.59. The monoisotopic (exact) mass is 277 g/mol. The second-order valence-electron chi connectivity index (χ2n) is 4.02. The number of aromatic nitrogens is 1. The van der Waals surface area contributed by atoms with Crippen molar-refractivity contribution >= 4 is 5.69 Å². The molecule has 0 saturated heterocycles. The predicted molar refractivity (Wildman–Crippen MR) is 70.3 cm³/mol. The Morgan fingerprint density at radius 1 is 1.40 bits per heavy atom. The molecule has 0 aliphatic heterocycles. The molecule has 0 atom stereocenters. The molecule has 8 nitrogen and oxygen atoms in total. The van der Waals surface area contributed by atoms with Gasteiger partial charge in [0.2, 0.25) is 12.2 Å². The third-order valence-electron chi connectivity index (χ3n) is 2.27. The summed E-state index contributed by atoms with van der Waals surface area (Å²) in [6, 6.07) is 3.36. The van der Waals surface area contributed by atoms with Gasteiger partial charge in [0.25, 0.3) is 0 Å². The predicted octanol–water partition coefficient (Wildman–Crippen LogP) is 2.97. The molecule has 0 aromatic carbocycles. The van der Waals surface area contributed by atoms with E-state index in [9.17, 15) is 0 Å². The quantitative estimate of drug-likeness (QED) is 0.343. The van der Waals surface area contributed by atoms with Gasteiger partial charge in [0.1, 0.15) is 17.3 Å². The number of ether oxygens (including phenoxy) is 3. The Morgan fingerprint density at radius 2 is 2.05 bits per heavy atom. The lowest BCUT2D eigenvalue weighted by molar-refractivity contribution is -0.108. The van der Waals surface area contributed by atoms with Crippen LogP contribution in [0.4, 0.5) is 5.69 Å². The highest BCUT2D eigenvalue weighted by Crippen LogP contribution is 2.31. The molecule has 1 heterocycles. The summed E-state index contributed by atoms with van der Waals surface area (Å²) in [4.78, 5) is 6.89. The van der Waals surface area contributed by atoms with Gasteiger partial charge in [-0.25, -0.2) is 4.98 Å². The standard InChI is InChI=1S/C12H15N5O3/c1-7(2)20-11-8(6-13)9(16-17-14)5-10(15-11)12(18-3)19-4/h5,7,12H,1-4H3. The Morgan fingerprint density at radius 3 is 2.50 bits per heavy atom. The average molecular weight is 277 g/mol. The fourth-order valence-electron chi connectivity index (χ4n) is 1.53. The van der Waals surface area contributed by atoms with Crippen molar-refractivity contribution in [2.75, 3.05) is 14.2 Å². The highest BCUT2D eigenvalue weighted by atomic mass is 16.7. The first-order valence-electron chi connectivity index (χ1n) is 5.79. The number of nitriles is 1. The summed E-state index contributed by atoms with van der Waals surface area (Å²) in [6.45, 7) is 3.60. The van der Waals surface area contributed by atoms with E-state index in [0.717, 1.165) is 0 Å². The van der Waals surface area contributed by atoms with Crippen molar-refractivity contribution in [2.45, 2.75) is 26.2 Å². The first kappa shape index (κ1) is 15.7. The van der Waals surface area contributed by atoms with E-state index in [4.69, 9.17) is 25.0 Å². The molecule has 1 rings (SSSR count). The maximum Gasteiger partial charge on any atom is 0.232 e. The van der Waals surface area contributed by atoms with Crippen molar-refractivity contribution < 1.29 is 14.2 Å². The molecule has 0 saturated carbocycles. The van der Waals surface area contributed by atoms with E-state index in [0.29, 0.717) is 5.69 Å². The van der Waals surface area contributed by atoms with Gasteiger partial charge in [0.15, 0.2) is 0 Å². The van der Waals surface area contributed by atoms with E-state index < -0.39 is 6.29 Å². The lowest BCUT2D eigenvalue weighted by atomic mass is 10.2. The van der Waals surface area contributed by atoms with Gasteiger partial charge in [0.05, 0.1) is 11.8 Å². The van der Waals surface area contributed by atoms with Crippen LogP contribution in [0.5, 0.6) is 5.88 Å². The first-order valence-corrected chi connectivity index (χ1v) is 5.79. The third-order valence-corrected chi connectivity index (χ3v) is 2.27. The minimum absolute atomic E-state index is 0.0752. The number of rotatable bonds is 6. The highest BCUT2D eigenvalue weighted by molar-refractivity contribution is 5.59. The molecule has 0 amide bonds. The molecule has 8 heteroatoms. The second-order valence-corrected chi connectivity index (χ2v) is 4.02. The Labute approximate surface area is 116 Å². The lowest BCUT2D eigenvalue weighted by Gasteiger charge is -2.17. The molecule has 0 radical (unpaired) electrons. The van der Waals surface area contributed by atoms with Gasteiger partial charge in [0, 0.05) is 19.1 Å². The number of hydrogen-bond donors (Lipinski definition) is 0. The molecule has 20 heavy (non-hydrogen) atoms. The van der Waals surface area contributed by atoms with Crippen LogP contribution in [0.3, 0.4) is 0 Å². The zero-order valence-corrected chi connectivity index (χ0v) is 11.7. The molecule has 0 N–H and O–H groups in total. The molecular formula is C12H15N5O3. The second kappa shape index (κ2) is 7.31. The average Bonchev–Trinajstić information content (AvgIpc) is 2.40. The van der Waals surface area contributed by atoms with E-state index in [1.54, 1.807) is 13.8 Å². The Balaban J connectivity index is 3.46. The van der Waals surface area contributed by atoms with Crippen LogP contribution < -0.4 is 4.74 Å². The molecule has 0 spiro atoms. The number of azide groups is 1. The van der Waals surface area contributed by atoms with Crippen LogP contribution in [0.25, 0.3) is 10.4 Å². The minimum atomic E-state index is -0.745. The van der Waals surface area contributed by atoms with Crippen molar-refractivity contribution in [1.29, 1.82) is 5.26 Å². The van der Waals surface area contributed by atoms with Crippen LogP contribution in [0.2, 0.25) is 0 Å². The molecule has 0 aliphatic carbocycles. The Kier molecular flexibility index (Phi) is 5.74. The molecule has 106 valence electrons. The van der Waals surface area contributed by atoms with E-state index in [2.05, 4.69) is 15.0 Å². The van der Waals surface area contributed by atoms with Gasteiger partial charge in [-0.2, -0.15) is 5.26 Å². The molecule has 0 aliphatic rings. The molecule has 0 fully saturated rings.